The second-order valence-corrected chi connectivity index (χ2v) is 12.1. The molecule has 13 heteroatoms. The topological polar surface area (TPSA) is 149 Å². The number of benzene rings is 1. The zero-order valence-corrected chi connectivity index (χ0v) is 23.4. The van der Waals surface area contributed by atoms with Crippen LogP contribution in [0.1, 0.15) is 71.2 Å². The van der Waals surface area contributed by atoms with Crippen molar-refractivity contribution in [2.75, 3.05) is 11.9 Å². The van der Waals surface area contributed by atoms with Crippen molar-refractivity contribution in [1.82, 2.24) is 20.2 Å². The van der Waals surface area contributed by atoms with Crippen molar-refractivity contribution in [3.8, 4) is 10.6 Å². The number of nitrogens with zero attached hydrogens (tertiary/aromatic N) is 2. The van der Waals surface area contributed by atoms with Gasteiger partial charge in [0.05, 0.1) is 17.1 Å². The van der Waals surface area contributed by atoms with Gasteiger partial charge in [0.2, 0.25) is 10.0 Å². The molecule has 1 fully saturated rings. The molecule has 0 unspecified atom stereocenters. The molecule has 37 heavy (non-hydrogen) atoms. The molecule has 1 aliphatic carbocycles. The number of anilines is 1. The van der Waals surface area contributed by atoms with Crippen LogP contribution in [0.2, 0.25) is 0 Å². The molecular formula is C24H35N5O6S2. The van der Waals surface area contributed by atoms with E-state index in [-0.39, 0.29) is 41.3 Å². The van der Waals surface area contributed by atoms with Crippen LogP contribution in [0.3, 0.4) is 0 Å². The molecule has 2 amide bonds. The fraction of sp³-hybridized carbons (Fsp3) is 0.583. The Bertz CT molecular complexity index is 1190. The van der Waals surface area contributed by atoms with E-state index in [0.717, 1.165) is 30.7 Å². The van der Waals surface area contributed by atoms with Crippen molar-refractivity contribution in [3.05, 3.63) is 23.2 Å². The van der Waals surface area contributed by atoms with Gasteiger partial charge in [-0.3, -0.25) is 5.32 Å². The second kappa shape index (κ2) is 12.7. The number of carbonyl (C=O) groups is 2. The SMILES string of the molecule is CCNS(=O)(=O)c1cc(NC(=O)OC(C)C)ccc1-c1nnc([C@H]2CC[C@H](NC(=O)OC(C)C)CC2)s1. The molecule has 1 saturated carbocycles. The summed E-state index contributed by atoms with van der Waals surface area (Å²) in [4.78, 5) is 23.9. The van der Waals surface area contributed by atoms with Crippen LogP contribution in [-0.2, 0) is 19.5 Å². The minimum absolute atomic E-state index is 0.00373. The molecule has 0 atom stereocenters. The molecule has 3 N–H and O–H groups in total. The minimum Gasteiger partial charge on any atom is -0.447 e. The molecule has 0 bridgehead atoms. The highest BCUT2D eigenvalue weighted by molar-refractivity contribution is 7.89. The molecule has 3 rings (SSSR count). The summed E-state index contributed by atoms with van der Waals surface area (Å²) >= 11 is 1.35. The highest BCUT2D eigenvalue weighted by Crippen LogP contribution is 2.38. The van der Waals surface area contributed by atoms with Gasteiger partial charge in [-0.25, -0.2) is 22.7 Å². The lowest BCUT2D eigenvalue weighted by Crippen LogP contribution is -2.38. The zero-order chi connectivity index (χ0) is 27.2. The van der Waals surface area contributed by atoms with E-state index in [4.69, 9.17) is 9.47 Å². The summed E-state index contributed by atoms with van der Waals surface area (Å²) in [5, 5.41) is 15.4. The minimum atomic E-state index is -3.87. The molecule has 0 aliphatic heterocycles. The van der Waals surface area contributed by atoms with E-state index < -0.39 is 22.2 Å². The van der Waals surface area contributed by atoms with Crippen LogP contribution in [0, 0.1) is 0 Å². The number of amides is 2. The average Bonchev–Trinajstić information content (AvgIpc) is 3.28. The average molecular weight is 554 g/mol. The van der Waals surface area contributed by atoms with Gasteiger partial charge in [-0.2, -0.15) is 0 Å². The second-order valence-electron chi connectivity index (χ2n) is 9.38. The van der Waals surface area contributed by atoms with Crippen molar-refractivity contribution in [2.24, 2.45) is 0 Å². The molecule has 11 nitrogen and oxygen atoms in total. The first-order chi connectivity index (χ1) is 17.5. The summed E-state index contributed by atoms with van der Waals surface area (Å²) in [6, 6.07) is 4.66. The normalized spacial score (nSPS) is 18.0. The monoisotopic (exact) mass is 553 g/mol. The molecule has 1 aliphatic rings. The van der Waals surface area contributed by atoms with Crippen molar-refractivity contribution in [2.45, 2.75) is 89.4 Å². The summed E-state index contributed by atoms with van der Waals surface area (Å²) in [6.07, 6.45) is 1.67. The molecule has 1 aromatic heterocycles. The van der Waals surface area contributed by atoms with Crippen LogP contribution in [0.15, 0.2) is 23.1 Å². The largest absolute Gasteiger partial charge is 0.447 e. The number of hydrogen-bond donors (Lipinski definition) is 3. The maximum Gasteiger partial charge on any atom is 0.411 e. The van der Waals surface area contributed by atoms with E-state index in [1.807, 2.05) is 13.8 Å². The molecule has 0 spiro atoms. The third-order valence-electron chi connectivity index (χ3n) is 5.61. The summed E-state index contributed by atoms with van der Waals surface area (Å²) < 4.78 is 38.8. The Morgan fingerprint density at radius 3 is 2.30 bits per heavy atom. The summed E-state index contributed by atoms with van der Waals surface area (Å²) in [7, 11) is -3.87. The quantitative estimate of drug-likeness (QED) is 0.407. The third kappa shape index (κ3) is 8.11. The van der Waals surface area contributed by atoms with E-state index >= 15 is 0 Å². The number of nitrogens with one attached hydrogen (secondary N) is 3. The van der Waals surface area contributed by atoms with Gasteiger partial charge in [0.15, 0.2) is 0 Å². The number of rotatable bonds is 9. The van der Waals surface area contributed by atoms with E-state index in [0.29, 0.717) is 10.6 Å². The Hall–Kier alpha value is -2.77. The molecular weight excluding hydrogens is 518 g/mol. The summed E-state index contributed by atoms with van der Waals surface area (Å²) in [5.74, 6) is 0.172. The Morgan fingerprint density at radius 2 is 1.68 bits per heavy atom. The van der Waals surface area contributed by atoms with Gasteiger partial charge in [0.25, 0.3) is 0 Å². The maximum atomic E-state index is 13.0. The van der Waals surface area contributed by atoms with Crippen LogP contribution in [0.25, 0.3) is 10.6 Å². The molecule has 204 valence electrons. The predicted octanol–water partition coefficient (Wildman–Crippen LogP) is 4.62. The fourth-order valence-corrected chi connectivity index (χ4v) is 6.42. The van der Waals surface area contributed by atoms with Crippen molar-refractivity contribution in [3.63, 3.8) is 0 Å². The van der Waals surface area contributed by atoms with Crippen LogP contribution < -0.4 is 15.4 Å². The van der Waals surface area contributed by atoms with Crippen LogP contribution >= 0.6 is 11.3 Å². The summed E-state index contributed by atoms with van der Waals surface area (Å²) in [5.41, 5.74) is 0.691. The van der Waals surface area contributed by atoms with Crippen molar-refractivity contribution < 1.29 is 27.5 Å². The summed E-state index contributed by atoms with van der Waals surface area (Å²) in [6.45, 7) is 8.96. The Balaban J connectivity index is 1.77. The van der Waals surface area contributed by atoms with Crippen LogP contribution in [-0.4, -0.2) is 55.6 Å². The highest BCUT2D eigenvalue weighted by Gasteiger charge is 2.28. The van der Waals surface area contributed by atoms with Gasteiger partial charge in [0, 0.05) is 29.8 Å². The molecule has 0 radical (unpaired) electrons. The molecule has 0 saturated heterocycles. The first kappa shape index (κ1) is 28.8. The first-order valence-electron chi connectivity index (χ1n) is 12.4. The number of ether oxygens (including phenoxy) is 2. The molecule has 1 heterocycles. The Morgan fingerprint density at radius 1 is 1.03 bits per heavy atom. The maximum absolute atomic E-state index is 13.0. The number of aromatic nitrogens is 2. The van der Waals surface area contributed by atoms with Crippen molar-refractivity contribution in [1.29, 1.82) is 0 Å². The number of sulfonamides is 1. The highest BCUT2D eigenvalue weighted by atomic mass is 32.2. The van der Waals surface area contributed by atoms with Crippen LogP contribution in [0.4, 0.5) is 15.3 Å². The third-order valence-corrected chi connectivity index (χ3v) is 8.31. The zero-order valence-electron chi connectivity index (χ0n) is 21.7. The smallest absolute Gasteiger partial charge is 0.411 e. The van der Waals surface area contributed by atoms with Gasteiger partial charge < -0.3 is 14.8 Å². The van der Waals surface area contributed by atoms with Gasteiger partial charge in [-0.05, 0) is 71.6 Å². The van der Waals surface area contributed by atoms with Gasteiger partial charge in [-0.15, -0.1) is 10.2 Å². The fourth-order valence-electron chi connectivity index (χ4n) is 4.04. The Labute approximate surface area is 221 Å². The van der Waals surface area contributed by atoms with Crippen LogP contribution in [0.5, 0.6) is 0 Å². The van der Waals surface area contributed by atoms with E-state index in [1.165, 1.54) is 17.4 Å². The van der Waals surface area contributed by atoms with E-state index in [2.05, 4.69) is 25.6 Å². The number of hydrogen-bond acceptors (Lipinski definition) is 9. The standard InChI is InChI=1S/C24H35N5O6S2/c1-6-25-37(32,33)20-13-18(27-24(31)35-15(4)5)11-12-19(20)22-29-28-21(36-22)16-7-9-17(10-8-16)26-23(30)34-14(2)3/h11-17,25H,6-10H2,1-5H3,(H,26,30)(H,27,31)/t16-,17-. The Kier molecular flexibility index (Phi) is 9.85. The lowest BCUT2D eigenvalue weighted by molar-refractivity contribution is 0.109. The lowest BCUT2D eigenvalue weighted by Gasteiger charge is -2.27. The van der Waals surface area contributed by atoms with Gasteiger partial charge in [0.1, 0.15) is 10.0 Å². The first-order valence-corrected chi connectivity index (χ1v) is 14.7. The van der Waals surface area contributed by atoms with Gasteiger partial charge >= 0.3 is 12.2 Å². The predicted molar refractivity (Wildman–Crippen MR) is 141 cm³/mol. The van der Waals surface area contributed by atoms with Crippen molar-refractivity contribution >= 4 is 39.2 Å². The van der Waals surface area contributed by atoms with E-state index in [9.17, 15) is 18.0 Å². The number of carbonyl (C=O) groups excluding carboxylic acids is 2. The number of alkyl carbamates (subject to hydrolysis) is 1. The molecule has 2 aromatic rings. The van der Waals surface area contributed by atoms with Gasteiger partial charge in [-0.1, -0.05) is 18.3 Å². The van der Waals surface area contributed by atoms with E-state index in [1.54, 1.807) is 32.9 Å². The molecule has 1 aromatic carbocycles. The lowest BCUT2D eigenvalue weighted by atomic mass is 9.86.